The second-order valence-electron chi connectivity index (χ2n) is 5.94. The molecule has 0 radical (unpaired) electrons. The summed E-state index contributed by atoms with van der Waals surface area (Å²) in [6.07, 6.45) is 2.37. The molecule has 1 aromatic rings. The number of fused-ring (bicyclic) bond motifs is 1. The van der Waals surface area contributed by atoms with Crippen molar-refractivity contribution in [2.45, 2.75) is 19.3 Å². The molecule has 8 heteroatoms. The summed E-state index contributed by atoms with van der Waals surface area (Å²) in [5.41, 5.74) is 0.390. The van der Waals surface area contributed by atoms with Gasteiger partial charge in [-0.1, -0.05) is 0 Å². The van der Waals surface area contributed by atoms with Crippen LogP contribution >= 0.6 is 0 Å². The van der Waals surface area contributed by atoms with E-state index in [-0.39, 0.29) is 44.0 Å². The summed E-state index contributed by atoms with van der Waals surface area (Å²) >= 11 is 0. The molecule has 0 atom stereocenters. The number of carbonyl (C=O) groups excluding carboxylic acids is 3. The fourth-order valence-electron chi connectivity index (χ4n) is 2.80. The van der Waals surface area contributed by atoms with E-state index in [0.29, 0.717) is 17.1 Å². The third-order valence-electron chi connectivity index (χ3n) is 4.16. The van der Waals surface area contributed by atoms with Gasteiger partial charge in [0.15, 0.2) is 11.5 Å². The first-order chi connectivity index (χ1) is 12.1. The van der Waals surface area contributed by atoms with E-state index in [0.717, 1.165) is 25.9 Å². The minimum absolute atomic E-state index is 0.0576. The number of hydrogen-bond acceptors (Lipinski definition) is 5. The van der Waals surface area contributed by atoms with Crippen LogP contribution < -0.4 is 20.1 Å². The lowest BCUT2D eigenvalue weighted by molar-refractivity contribution is -0.130. The lowest BCUT2D eigenvalue weighted by Gasteiger charge is -2.15. The van der Waals surface area contributed by atoms with Crippen LogP contribution in [0.25, 0.3) is 0 Å². The van der Waals surface area contributed by atoms with Crippen molar-refractivity contribution < 1.29 is 23.9 Å². The molecule has 2 N–H and O–H groups in total. The monoisotopic (exact) mass is 347 g/mol. The fraction of sp³-hybridized carbons (Fsp3) is 0.471. The standard InChI is InChI=1S/C17H21N3O5/c21-15(18-6-5-16(22)20-7-1-2-8-20)10-19-17(23)12-3-4-13-14(9-12)25-11-24-13/h3-4,9H,1-2,5-8,10-11H2,(H,18,21)(H,19,23). The lowest BCUT2D eigenvalue weighted by atomic mass is 10.2. The number of likely N-dealkylation sites (tertiary alicyclic amines) is 1. The first-order valence-electron chi connectivity index (χ1n) is 8.36. The van der Waals surface area contributed by atoms with Crippen molar-refractivity contribution in [2.24, 2.45) is 0 Å². The van der Waals surface area contributed by atoms with Crippen LogP contribution in [0.4, 0.5) is 0 Å². The van der Waals surface area contributed by atoms with Crippen molar-refractivity contribution in [2.75, 3.05) is 33.0 Å². The number of benzene rings is 1. The second-order valence-corrected chi connectivity index (χ2v) is 5.94. The van der Waals surface area contributed by atoms with Crippen molar-refractivity contribution in [3.63, 3.8) is 0 Å². The summed E-state index contributed by atoms with van der Waals surface area (Å²) in [5.74, 6) is 0.460. The minimum atomic E-state index is -0.374. The molecular formula is C17H21N3O5. The normalized spacial score (nSPS) is 15.1. The zero-order valence-electron chi connectivity index (χ0n) is 13.9. The highest BCUT2D eigenvalue weighted by molar-refractivity contribution is 5.97. The highest BCUT2D eigenvalue weighted by Crippen LogP contribution is 2.32. The zero-order chi connectivity index (χ0) is 17.6. The SMILES string of the molecule is O=C(CNC(=O)c1ccc2c(c1)OCO2)NCCC(=O)N1CCCC1. The third-order valence-corrected chi connectivity index (χ3v) is 4.16. The van der Waals surface area contributed by atoms with E-state index in [1.807, 2.05) is 4.90 Å². The number of nitrogens with one attached hydrogen (secondary N) is 2. The molecule has 0 unspecified atom stereocenters. The Morgan fingerprint density at radius 1 is 1.04 bits per heavy atom. The summed E-state index contributed by atoms with van der Waals surface area (Å²) in [4.78, 5) is 37.5. The Bertz CT molecular complexity index is 670. The zero-order valence-corrected chi connectivity index (χ0v) is 13.9. The van der Waals surface area contributed by atoms with Crippen LogP contribution in [-0.2, 0) is 9.59 Å². The molecule has 0 bridgehead atoms. The Hall–Kier alpha value is -2.77. The molecule has 0 aliphatic carbocycles. The summed E-state index contributed by atoms with van der Waals surface area (Å²) < 4.78 is 10.4. The van der Waals surface area contributed by atoms with E-state index in [1.54, 1.807) is 18.2 Å². The second kappa shape index (κ2) is 7.87. The van der Waals surface area contributed by atoms with E-state index in [4.69, 9.17) is 9.47 Å². The number of hydrogen-bond donors (Lipinski definition) is 2. The molecule has 1 fully saturated rings. The van der Waals surface area contributed by atoms with E-state index in [1.165, 1.54) is 0 Å². The van der Waals surface area contributed by atoms with Crippen LogP contribution in [0.2, 0.25) is 0 Å². The van der Waals surface area contributed by atoms with Gasteiger partial charge in [0.1, 0.15) is 0 Å². The van der Waals surface area contributed by atoms with Gasteiger partial charge in [-0.25, -0.2) is 0 Å². The maximum Gasteiger partial charge on any atom is 0.251 e. The van der Waals surface area contributed by atoms with Crippen molar-refractivity contribution in [1.82, 2.24) is 15.5 Å². The van der Waals surface area contributed by atoms with Crippen LogP contribution in [0.3, 0.4) is 0 Å². The van der Waals surface area contributed by atoms with Crippen LogP contribution in [0.15, 0.2) is 18.2 Å². The van der Waals surface area contributed by atoms with Crippen LogP contribution in [0.1, 0.15) is 29.6 Å². The summed E-state index contributed by atoms with van der Waals surface area (Å²) in [5, 5.41) is 5.18. The van der Waals surface area contributed by atoms with E-state index in [9.17, 15) is 14.4 Å². The van der Waals surface area contributed by atoms with Gasteiger partial charge in [-0.05, 0) is 31.0 Å². The molecule has 8 nitrogen and oxygen atoms in total. The molecule has 0 aromatic heterocycles. The average Bonchev–Trinajstić information content (AvgIpc) is 3.30. The minimum Gasteiger partial charge on any atom is -0.454 e. The maximum atomic E-state index is 12.1. The molecule has 2 heterocycles. The van der Waals surface area contributed by atoms with Crippen LogP contribution in [0, 0.1) is 0 Å². The highest BCUT2D eigenvalue weighted by atomic mass is 16.7. The largest absolute Gasteiger partial charge is 0.454 e. The van der Waals surface area contributed by atoms with Gasteiger partial charge in [0, 0.05) is 31.6 Å². The number of amides is 3. The van der Waals surface area contributed by atoms with Crippen LogP contribution in [-0.4, -0.2) is 55.6 Å². The van der Waals surface area contributed by atoms with Crippen LogP contribution in [0.5, 0.6) is 11.5 Å². The quantitative estimate of drug-likeness (QED) is 0.770. The summed E-state index contributed by atoms with van der Waals surface area (Å²) in [6.45, 7) is 1.87. The van der Waals surface area contributed by atoms with Crippen molar-refractivity contribution in [3.05, 3.63) is 23.8 Å². The molecule has 134 valence electrons. The lowest BCUT2D eigenvalue weighted by Crippen LogP contribution is -2.38. The first kappa shape index (κ1) is 17.1. The number of ether oxygens (including phenoxy) is 2. The molecule has 1 saturated heterocycles. The van der Waals surface area contributed by atoms with Gasteiger partial charge in [-0.15, -0.1) is 0 Å². The molecule has 0 spiro atoms. The first-order valence-corrected chi connectivity index (χ1v) is 8.36. The Morgan fingerprint density at radius 2 is 1.80 bits per heavy atom. The molecule has 2 aliphatic heterocycles. The van der Waals surface area contributed by atoms with E-state index < -0.39 is 0 Å². The molecule has 2 aliphatic rings. The van der Waals surface area contributed by atoms with Crippen molar-refractivity contribution >= 4 is 17.7 Å². The Kier molecular flexibility index (Phi) is 5.37. The number of carbonyl (C=O) groups is 3. The van der Waals surface area contributed by atoms with Gasteiger partial charge in [0.05, 0.1) is 6.54 Å². The number of rotatable bonds is 6. The Balaban J connectivity index is 1.37. The molecule has 0 saturated carbocycles. The molecule has 3 rings (SSSR count). The molecule has 1 aromatic carbocycles. The molecule has 25 heavy (non-hydrogen) atoms. The van der Waals surface area contributed by atoms with Gasteiger partial charge in [-0.2, -0.15) is 0 Å². The third kappa shape index (κ3) is 4.40. The topological polar surface area (TPSA) is 97.0 Å². The van der Waals surface area contributed by atoms with E-state index in [2.05, 4.69) is 10.6 Å². The Morgan fingerprint density at radius 3 is 2.60 bits per heavy atom. The van der Waals surface area contributed by atoms with Gasteiger partial charge in [0.2, 0.25) is 18.6 Å². The highest BCUT2D eigenvalue weighted by Gasteiger charge is 2.18. The van der Waals surface area contributed by atoms with Gasteiger partial charge >= 0.3 is 0 Å². The van der Waals surface area contributed by atoms with Gasteiger partial charge < -0.3 is 25.0 Å². The number of nitrogens with zero attached hydrogens (tertiary/aromatic N) is 1. The Labute approximate surface area is 145 Å². The average molecular weight is 347 g/mol. The summed E-state index contributed by atoms with van der Waals surface area (Å²) in [6, 6.07) is 4.83. The summed E-state index contributed by atoms with van der Waals surface area (Å²) in [7, 11) is 0. The van der Waals surface area contributed by atoms with Crippen molar-refractivity contribution in [1.29, 1.82) is 0 Å². The predicted octanol–water partition coefficient (Wildman–Crippen LogP) is 0.274. The van der Waals surface area contributed by atoms with Gasteiger partial charge in [0.25, 0.3) is 5.91 Å². The molecule has 3 amide bonds. The molecular weight excluding hydrogens is 326 g/mol. The predicted molar refractivity (Wildman–Crippen MR) is 88.3 cm³/mol. The van der Waals surface area contributed by atoms with Crippen molar-refractivity contribution in [3.8, 4) is 11.5 Å². The van der Waals surface area contributed by atoms with E-state index >= 15 is 0 Å². The maximum absolute atomic E-state index is 12.1. The van der Waals surface area contributed by atoms with Gasteiger partial charge in [-0.3, -0.25) is 14.4 Å². The smallest absolute Gasteiger partial charge is 0.251 e. The fourth-order valence-corrected chi connectivity index (χ4v) is 2.80.